The van der Waals surface area contributed by atoms with Gasteiger partial charge >= 0.3 is 11.9 Å². The van der Waals surface area contributed by atoms with E-state index in [0.29, 0.717) is 11.1 Å². The number of aliphatic carboxylic acids is 2. The molecule has 1 aliphatic rings. The molecule has 0 spiro atoms. The van der Waals surface area contributed by atoms with Crippen molar-refractivity contribution in [1.29, 1.82) is 0 Å². The minimum absolute atomic E-state index is 0.635. The Bertz CT molecular complexity index is 699. The van der Waals surface area contributed by atoms with E-state index in [1.165, 1.54) is 12.8 Å². The van der Waals surface area contributed by atoms with Crippen molar-refractivity contribution in [1.82, 2.24) is 10.2 Å². The molecular weight excluding hydrogens is 463 g/mol. The summed E-state index contributed by atoms with van der Waals surface area (Å²) in [6.07, 6.45) is 0.135. The van der Waals surface area contributed by atoms with Crippen molar-refractivity contribution in [3.05, 3.63) is 33.8 Å². The standard InChI is InChI=1S/C17H26Cl2N2O.C4H6O6/c1-22-11-3-2-10-21(16-6-8-20-9-7-16)13-14-4-5-15(18)12-17(14)19;5-1(3(7)8)2(6)4(9)10/h4-5,12,16,20H,2-3,6-11,13H2,1H3;1-2,5-6H,(H,7,8)(H,9,10). The number of piperidine rings is 1. The first-order chi connectivity index (χ1) is 15.2. The van der Waals surface area contributed by atoms with Gasteiger partial charge in [0.25, 0.3) is 0 Å². The average molecular weight is 495 g/mol. The van der Waals surface area contributed by atoms with Crippen LogP contribution < -0.4 is 5.32 Å². The van der Waals surface area contributed by atoms with Crippen LogP contribution in [0.4, 0.5) is 0 Å². The molecule has 0 aromatic heterocycles. The van der Waals surface area contributed by atoms with Crippen molar-refractivity contribution in [2.75, 3.05) is 33.4 Å². The number of carboxylic acid groups (broad SMARTS) is 2. The zero-order valence-electron chi connectivity index (χ0n) is 18.0. The Labute approximate surface area is 197 Å². The Kier molecular flexibility index (Phi) is 13.7. The molecule has 0 saturated carbocycles. The summed E-state index contributed by atoms with van der Waals surface area (Å²) in [7, 11) is 1.76. The van der Waals surface area contributed by atoms with Gasteiger partial charge in [0.2, 0.25) is 0 Å². The second-order valence-corrected chi connectivity index (χ2v) is 8.30. The van der Waals surface area contributed by atoms with Gasteiger partial charge in [0.1, 0.15) is 0 Å². The van der Waals surface area contributed by atoms with E-state index in [1.54, 1.807) is 7.11 Å². The number of hydrogen-bond acceptors (Lipinski definition) is 7. The van der Waals surface area contributed by atoms with Crippen LogP contribution in [-0.2, 0) is 20.9 Å². The maximum absolute atomic E-state index is 9.77. The van der Waals surface area contributed by atoms with Crippen molar-refractivity contribution in [2.45, 2.75) is 50.5 Å². The second-order valence-electron chi connectivity index (χ2n) is 7.45. The number of halogens is 2. The lowest BCUT2D eigenvalue weighted by Crippen LogP contribution is -2.43. The van der Waals surface area contributed by atoms with Gasteiger partial charge < -0.3 is 30.5 Å². The van der Waals surface area contributed by atoms with Crippen molar-refractivity contribution in [3.8, 4) is 0 Å². The number of hydrogen-bond donors (Lipinski definition) is 5. The third kappa shape index (κ3) is 10.4. The second kappa shape index (κ2) is 15.4. The summed E-state index contributed by atoms with van der Waals surface area (Å²) in [5.74, 6) is -3.54. The van der Waals surface area contributed by atoms with Crippen molar-refractivity contribution < 1.29 is 34.8 Å². The molecule has 0 aliphatic carbocycles. The summed E-state index contributed by atoms with van der Waals surface area (Å²) in [5, 5.41) is 37.4. The van der Waals surface area contributed by atoms with E-state index < -0.39 is 24.1 Å². The highest BCUT2D eigenvalue weighted by atomic mass is 35.5. The molecule has 1 aromatic rings. The molecule has 5 N–H and O–H groups in total. The van der Waals surface area contributed by atoms with Crippen molar-refractivity contribution >= 4 is 35.1 Å². The normalized spacial score (nSPS) is 16.2. The molecule has 182 valence electrons. The largest absolute Gasteiger partial charge is 0.479 e. The Morgan fingerprint density at radius 2 is 1.72 bits per heavy atom. The van der Waals surface area contributed by atoms with Crippen LogP contribution in [0.2, 0.25) is 10.0 Å². The number of aliphatic hydroxyl groups excluding tert-OH is 2. The number of unbranched alkanes of at least 4 members (excludes halogenated alkanes) is 1. The van der Waals surface area contributed by atoms with E-state index in [0.717, 1.165) is 56.2 Å². The molecule has 0 amide bonds. The summed E-state index contributed by atoms with van der Waals surface area (Å²) in [6.45, 7) is 5.03. The lowest BCUT2D eigenvalue weighted by molar-refractivity contribution is -0.165. The lowest BCUT2D eigenvalue weighted by Gasteiger charge is -2.35. The van der Waals surface area contributed by atoms with Gasteiger partial charge in [-0.15, -0.1) is 0 Å². The molecule has 1 fully saturated rings. The predicted molar refractivity (Wildman–Crippen MR) is 121 cm³/mol. The van der Waals surface area contributed by atoms with E-state index in [9.17, 15) is 9.59 Å². The van der Waals surface area contributed by atoms with Crippen molar-refractivity contribution in [3.63, 3.8) is 0 Å². The summed E-state index contributed by atoms with van der Waals surface area (Å²) >= 11 is 12.4. The number of carboxylic acids is 2. The molecule has 1 aromatic carbocycles. The number of benzene rings is 1. The summed E-state index contributed by atoms with van der Waals surface area (Å²) in [6, 6.07) is 6.45. The van der Waals surface area contributed by atoms with Gasteiger partial charge in [-0.1, -0.05) is 29.3 Å². The maximum atomic E-state index is 9.77. The topological polar surface area (TPSA) is 140 Å². The number of methoxy groups -OCH3 is 1. The average Bonchev–Trinajstić information content (AvgIpc) is 2.77. The molecule has 1 heterocycles. The minimum atomic E-state index is -2.27. The number of aliphatic hydroxyl groups is 2. The van der Waals surface area contributed by atoms with E-state index >= 15 is 0 Å². The maximum Gasteiger partial charge on any atom is 0.335 e. The monoisotopic (exact) mass is 494 g/mol. The summed E-state index contributed by atoms with van der Waals surface area (Å²) in [4.78, 5) is 22.1. The van der Waals surface area contributed by atoms with Crippen LogP contribution in [0.5, 0.6) is 0 Å². The van der Waals surface area contributed by atoms with Crippen molar-refractivity contribution in [2.24, 2.45) is 0 Å². The van der Waals surface area contributed by atoms with Gasteiger partial charge in [0.05, 0.1) is 0 Å². The first kappa shape index (κ1) is 28.6. The van der Waals surface area contributed by atoms with Gasteiger partial charge in [-0.3, -0.25) is 4.90 Å². The molecule has 32 heavy (non-hydrogen) atoms. The predicted octanol–water partition coefficient (Wildman–Crippen LogP) is 1.85. The number of carbonyl (C=O) groups is 2. The fraction of sp³-hybridized carbons (Fsp3) is 0.619. The summed E-state index contributed by atoms with van der Waals surface area (Å²) < 4.78 is 5.16. The van der Waals surface area contributed by atoms with Crippen LogP contribution in [0.15, 0.2) is 18.2 Å². The fourth-order valence-corrected chi connectivity index (χ4v) is 3.73. The molecule has 0 bridgehead atoms. The van der Waals surface area contributed by atoms with Gasteiger partial charge in [0, 0.05) is 36.3 Å². The fourth-order valence-electron chi connectivity index (χ4n) is 3.26. The Morgan fingerprint density at radius 1 is 1.12 bits per heavy atom. The molecule has 0 radical (unpaired) electrons. The molecule has 11 heteroatoms. The number of nitrogens with zero attached hydrogens (tertiary/aromatic N) is 1. The highest BCUT2D eigenvalue weighted by molar-refractivity contribution is 6.35. The molecule has 2 rings (SSSR count). The van der Waals surface area contributed by atoms with E-state index in [2.05, 4.69) is 10.2 Å². The Hall–Kier alpha value is -1.46. The number of rotatable bonds is 11. The zero-order valence-corrected chi connectivity index (χ0v) is 19.6. The van der Waals surface area contributed by atoms with E-state index in [-0.39, 0.29) is 0 Å². The number of ether oxygens (including phenoxy) is 1. The molecule has 2 unspecified atom stereocenters. The molecular formula is C21H32Cl2N2O7. The van der Waals surface area contributed by atoms with Gasteiger partial charge in [-0.25, -0.2) is 9.59 Å². The van der Waals surface area contributed by atoms with Crippen LogP contribution in [0.1, 0.15) is 31.2 Å². The quantitative estimate of drug-likeness (QED) is 0.291. The van der Waals surface area contributed by atoms with Crippen LogP contribution in [0, 0.1) is 0 Å². The smallest absolute Gasteiger partial charge is 0.335 e. The lowest BCUT2D eigenvalue weighted by atomic mass is 10.0. The first-order valence-corrected chi connectivity index (χ1v) is 11.1. The Morgan fingerprint density at radius 3 is 2.22 bits per heavy atom. The van der Waals surface area contributed by atoms with Crippen LogP contribution in [0.25, 0.3) is 0 Å². The molecule has 2 atom stereocenters. The highest BCUT2D eigenvalue weighted by Crippen LogP contribution is 2.24. The van der Waals surface area contributed by atoms with Crippen LogP contribution in [0.3, 0.4) is 0 Å². The van der Waals surface area contributed by atoms with Crippen LogP contribution >= 0.6 is 23.2 Å². The zero-order chi connectivity index (χ0) is 24.1. The van der Waals surface area contributed by atoms with Crippen LogP contribution in [-0.4, -0.2) is 88.9 Å². The molecule has 9 nitrogen and oxygen atoms in total. The van der Waals surface area contributed by atoms with Gasteiger partial charge in [-0.05, 0) is 63.0 Å². The Balaban J connectivity index is 0.000000433. The number of nitrogens with one attached hydrogen (secondary N) is 1. The summed E-state index contributed by atoms with van der Waals surface area (Å²) in [5.41, 5.74) is 1.16. The molecule has 1 saturated heterocycles. The highest BCUT2D eigenvalue weighted by Gasteiger charge is 2.29. The van der Waals surface area contributed by atoms with E-state index in [4.69, 9.17) is 48.4 Å². The van der Waals surface area contributed by atoms with Gasteiger partial charge in [0.15, 0.2) is 12.2 Å². The van der Waals surface area contributed by atoms with Gasteiger partial charge in [-0.2, -0.15) is 0 Å². The first-order valence-electron chi connectivity index (χ1n) is 10.4. The molecule has 1 aliphatic heterocycles. The third-order valence-electron chi connectivity index (χ3n) is 5.06. The minimum Gasteiger partial charge on any atom is -0.479 e. The van der Waals surface area contributed by atoms with E-state index in [1.807, 2.05) is 18.2 Å². The SMILES string of the molecule is COCCCCN(Cc1ccc(Cl)cc1Cl)C1CCNCC1.O=C(O)C(O)C(O)C(=O)O. The third-order valence-corrected chi connectivity index (χ3v) is 5.65.